The lowest BCUT2D eigenvalue weighted by Gasteiger charge is -2.17. The first kappa shape index (κ1) is 14.3. The maximum absolute atomic E-state index is 4.64. The van der Waals surface area contributed by atoms with Crippen molar-refractivity contribution in [2.75, 3.05) is 19.6 Å². The average molecular weight is 284 g/mol. The van der Waals surface area contributed by atoms with E-state index in [1.54, 1.807) is 0 Å². The van der Waals surface area contributed by atoms with Crippen LogP contribution in [0.4, 0.5) is 0 Å². The van der Waals surface area contributed by atoms with E-state index in [0.717, 1.165) is 18.7 Å². The summed E-state index contributed by atoms with van der Waals surface area (Å²) >= 11 is 0. The minimum Gasteiger partial charge on any atom is -0.301 e. The number of pyridine rings is 1. The summed E-state index contributed by atoms with van der Waals surface area (Å²) in [6.45, 7) is 7.73. The molecule has 0 aliphatic carbocycles. The van der Waals surface area contributed by atoms with E-state index in [0.29, 0.717) is 6.04 Å². The molecule has 4 heteroatoms. The highest BCUT2D eigenvalue weighted by Gasteiger charge is 2.24. The second-order valence-corrected chi connectivity index (χ2v) is 6.08. The van der Waals surface area contributed by atoms with Crippen molar-refractivity contribution >= 4 is 0 Å². The topological polar surface area (TPSA) is 34.0 Å². The first-order chi connectivity index (χ1) is 10.2. The Morgan fingerprint density at radius 1 is 1.33 bits per heavy atom. The number of aromatic nitrogens is 3. The molecule has 0 radical (unpaired) electrons. The molecule has 1 saturated heterocycles. The fourth-order valence-electron chi connectivity index (χ4n) is 3.28. The Kier molecular flexibility index (Phi) is 4.34. The molecule has 2 aromatic rings. The van der Waals surface area contributed by atoms with Gasteiger partial charge in [-0.2, -0.15) is 5.10 Å². The predicted octanol–water partition coefficient (Wildman–Crippen LogP) is 2.77. The molecule has 3 rings (SSSR count). The van der Waals surface area contributed by atoms with Crippen LogP contribution in [0, 0.1) is 13.8 Å². The summed E-state index contributed by atoms with van der Waals surface area (Å²) in [6, 6.07) is 6.90. The minimum absolute atomic E-state index is 0.553. The van der Waals surface area contributed by atoms with Crippen molar-refractivity contribution < 1.29 is 0 Å². The Balaban J connectivity index is 1.48. The molecule has 0 aromatic carbocycles. The maximum Gasteiger partial charge on any atom is 0.0661 e. The summed E-state index contributed by atoms with van der Waals surface area (Å²) in [4.78, 5) is 6.74. The molecular weight excluding hydrogens is 260 g/mol. The fourth-order valence-corrected chi connectivity index (χ4v) is 3.28. The summed E-state index contributed by atoms with van der Waals surface area (Å²) in [5, 5.41) is 4.64. The number of hydrogen-bond acceptors (Lipinski definition) is 3. The highest BCUT2D eigenvalue weighted by Crippen LogP contribution is 2.23. The summed E-state index contributed by atoms with van der Waals surface area (Å²) in [7, 11) is 0. The maximum atomic E-state index is 4.64. The highest BCUT2D eigenvalue weighted by molar-refractivity contribution is 5.09. The van der Waals surface area contributed by atoms with Gasteiger partial charge >= 0.3 is 0 Å². The van der Waals surface area contributed by atoms with Crippen LogP contribution in [-0.4, -0.2) is 39.3 Å². The number of aryl methyl sites for hydroxylation is 3. The van der Waals surface area contributed by atoms with Crippen LogP contribution in [-0.2, 0) is 6.42 Å². The summed E-state index contributed by atoms with van der Waals surface area (Å²) in [5.74, 6) is 0. The molecule has 1 aliphatic rings. The van der Waals surface area contributed by atoms with Gasteiger partial charge in [0, 0.05) is 31.2 Å². The Morgan fingerprint density at radius 2 is 2.24 bits per heavy atom. The van der Waals surface area contributed by atoms with E-state index in [-0.39, 0.29) is 0 Å². The van der Waals surface area contributed by atoms with Gasteiger partial charge in [-0.15, -0.1) is 0 Å². The number of hydrogen-bond donors (Lipinski definition) is 0. The van der Waals surface area contributed by atoms with Crippen LogP contribution in [0.2, 0.25) is 0 Å². The standard InChI is InChI=1S/C17H24N4/c1-14-11-15(2)21(19-14)17-7-10-20(13-17)9-4-6-16-5-3-8-18-12-16/h3,5,8,11-12,17H,4,6-7,9-10,13H2,1-2H3/t17-/m0/s1. The molecule has 0 saturated carbocycles. The van der Waals surface area contributed by atoms with Gasteiger partial charge in [0.2, 0.25) is 0 Å². The molecule has 4 nitrogen and oxygen atoms in total. The van der Waals surface area contributed by atoms with Gasteiger partial charge in [-0.1, -0.05) is 6.07 Å². The number of likely N-dealkylation sites (tertiary alicyclic amines) is 1. The number of nitrogens with zero attached hydrogens (tertiary/aromatic N) is 4. The van der Waals surface area contributed by atoms with Gasteiger partial charge in [-0.05, 0) is 57.4 Å². The number of rotatable bonds is 5. The lowest BCUT2D eigenvalue weighted by molar-refractivity contribution is 0.313. The molecule has 0 N–H and O–H groups in total. The predicted molar refractivity (Wildman–Crippen MR) is 84.4 cm³/mol. The Hall–Kier alpha value is -1.68. The van der Waals surface area contributed by atoms with E-state index >= 15 is 0 Å². The van der Waals surface area contributed by atoms with Crippen molar-refractivity contribution in [2.45, 2.75) is 39.2 Å². The fraction of sp³-hybridized carbons (Fsp3) is 0.529. The van der Waals surface area contributed by atoms with Gasteiger partial charge in [0.15, 0.2) is 0 Å². The van der Waals surface area contributed by atoms with Gasteiger partial charge in [-0.25, -0.2) is 0 Å². The first-order valence-electron chi connectivity index (χ1n) is 7.86. The lowest BCUT2D eigenvalue weighted by atomic mass is 10.1. The zero-order valence-corrected chi connectivity index (χ0v) is 13.0. The third-order valence-corrected chi connectivity index (χ3v) is 4.30. The van der Waals surface area contributed by atoms with E-state index in [9.17, 15) is 0 Å². The lowest BCUT2D eigenvalue weighted by Crippen LogP contribution is -2.23. The van der Waals surface area contributed by atoms with E-state index < -0.39 is 0 Å². The third-order valence-electron chi connectivity index (χ3n) is 4.30. The molecule has 0 unspecified atom stereocenters. The van der Waals surface area contributed by atoms with Crippen molar-refractivity contribution in [3.63, 3.8) is 0 Å². The second-order valence-electron chi connectivity index (χ2n) is 6.08. The molecule has 3 heterocycles. The average Bonchev–Trinajstić information content (AvgIpc) is 3.06. The van der Waals surface area contributed by atoms with Crippen LogP contribution in [0.25, 0.3) is 0 Å². The van der Waals surface area contributed by atoms with Crippen molar-refractivity contribution in [3.8, 4) is 0 Å². The van der Waals surface area contributed by atoms with Crippen molar-refractivity contribution in [3.05, 3.63) is 47.5 Å². The van der Waals surface area contributed by atoms with Crippen LogP contribution < -0.4 is 0 Å². The minimum atomic E-state index is 0.553. The Bertz CT molecular complexity index is 576. The molecule has 0 bridgehead atoms. The van der Waals surface area contributed by atoms with Gasteiger partial charge < -0.3 is 4.90 Å². The molecule has 0 amide bonds. The zero-order valence-electron chi connectivity index (χ0n) is 13.0. The van der Waals surface area contributed by atoms with E-state index in [1.165, 1.54) is 37.2 Å². The molecule has 1 atom stereocenters. The molecule has 2 aromatic heterocycles. The first-order valence-corrected chi connectivity index (χ1v) is 7.86. The van der Waals surface area contributed by atoms with Crippen LogP contribution in [0.5, 0.6) is 0 Å². The highest BCUT2D eigenvalue weighted by atomic mass is 15.3. The second kappa shape index (κ2) is 6.39. The van der Waals surface area contributed by atoms with Gasteiger partial charge in [0.25, 0.3) is 0 Å². The van der Waals surface area contributed by atoms with E-state index in [1.807, 2.05) is 18.5 Å². The smallest absolute Gasteiger partial charge is 0.0661 e. The van der Waals surface area contributed by atoms with E-state index in [2.05, 4.69) is 45.6 Å². The summed E-state index contributed by atoms with van der Waals surface area (Å²) in [5.41, 5.74) is 3.75. The zero-order chi connectivity index (χ0) is 14.7. The largest absolute Gasteiger partial charge is 0.301 e. The molecule has 1 fully saturated rings. The molecule has 0 spiro atoms. The monoisotopic (exact) mass is 284 g/mol. The molecule has 112 valence electrons. The molecule has 21 heavy (non-hydrogen) atoms. The normalized spacial score (nSPS) is 19.2. The van der Waals surface area contributed by atoms with Crippen LogP contribution in [0.1, 0.15) is 35.8 Å². The van der Waals surface area contributed by atoms with Crippen molar-refractivity contribution in [2.24, 2.45) is 0 Å². The SMILES string of the molecule is Cc1cc(C)n([C@H]2CCN(CCCc3cccnc3)C2)n1. The Morgan fingerprint density at radius 3 is 2.95 bits per heavy atom. The van der Waals surface area contributed by atoms with Crippen LogP contribution in [0.15, 0.2) is 30.6 Å². The third kappa shape index (κ3) is 3.50. The Labute approximate surface area is 126 Å². The molecule has 1 aliphatic heterocycles. The van der Waals surface area contributed by atoms with Gasteiger partial charge in [0.05, 0.1) is 11.7 Å². The summed E-state index contributed by atoms with van der Waals surface area (Å²) < 4.78 is 2.22. The van der Waals surface area contributed by atoms with Gasteiger partial charge in [0.1, 0.15) is 0 Å². The quantitative estimate of drug-likeness (QED) is 0.846. The van der Waals surface area contributed by atoms with Gasteiger partial charge in [-0.3, -0.25) is 9.67 Å². The van der Waals surface area contributed by atoms with Crippen molar-refractivity contribution in [1.82, 2.24) is 19.7 Å². The van der Waals surface area contributed by atoms with Crippen molar-refractivity contribution in [1.29, 1.82) is 0 Å². The molecular formula is C17H24N4. The van der Waals surface area contributed by atoms with Crippen LogP contribution in [0.3, 0.4) is 0 Å². The summed E-state index contributed by atoms with van der Waals surface area (Å²) in [6.07, 6.45) is 7.35. The van der Waals surface area contributed by atoms with Crippen LogP contribution >= 0.6 is 0 Å². The van der Waals surface area contributed by atoms with E-state index in [4.69, 9.17) is 0 Å².